The molecule has 0 bridgehead atoms. The number of amides is 2. The molecule has 1 saturated carbocycles. The van der Waals surface area contributed by atoms with Gasteiger partial charge in [-0.3, -0.25) is 9.59 Å². The predicted molar refractivity (Wildman–Crippen MR) is 114 cm³/mol. The van der Waals surface area contributed by atoms with E-state index < -0.39 is 11.9 Å². The summed E-state index contributed by atoms with van der Waals surface area (Å²) in [7, 11) is 0. The summed E-state index contributed by atoms with van der Waals surface area (Å²) >= 11 is 0. The molecule has 1 saturated heterocycles. The van der Waals surface area contributed by atoms with Gasteiger partial charge in [-0.15, -0.1) is 0 Å². The number of anilines is 3. The second kappa shape index (κ2) is 7.51. The maximum atomic E-state index is 14.3. The van der Waals surface area contributed by atoms with Crippen molar-refractivity contribution in [3.8, 4) is 0 Å². The summed E-state index contributed by atoms with van der Waals surface area (Å²) in [6.45, 7) is 3.30. The molecule has 2 fully saturated rings. The second-order valence-electron chi connectivity index (χ2n) is 8.55. The van der Waals surface area contributed by atoms with Crippen LogP contribution in [-0.4, -0.2) is 48.4 Å². The van der Waals surface area contributed by atoms with Gasteiger partial charge in [0.15, 0.2) is 0 Å². The summed E-state index contributed by atoms with van der Waals surface area (Å²) in [5, 5.41) is 5.82. The Morgan fingerprint density at radius 2 is 1.97 bits per heavy atom. The Morgan fingerprint density at radius 1 is 1.16 bits per heavy atom. The van der Waals surface area contributed by atoms with Crippen molar-refractivity contribution in [3.05, 3.63) is 53.1 Å². The average molecular weight is 426 g/mol. The number of aryl methyl sites for hydroxylation is 1. The molecule has 2 aromatic carbocycles. The van der Waals surface area contributed by atoms with E-state index in [2.05, 4.69) is 10.6 Å². The van der Waals surface area contributed by atoms with Crippen LogP contribution in [0.15, 0.2) is 30.3 Å². The third-order valence-corrected chi connectivity index (χ3v) is 6.27. The van der Waals surface area contributed by atoms with E-state index in [4.69, 9.17) is 0 Å². The maximum Gasteiger partial charge on any atom is 0.247 e. The molecule has 31 heavy (non-hydrogen) atoms. The van der Waals surface area contributed by atoms with Gasteiger partial charge in [0.1, 0.15) is 17.7 Å². The fraction of sp³-hybridized carbons (Fsp3) is 0.391. The van der Waals surface area contributed by atoms with E-state index in [0.29, 0.717) is 41.8 Å². The van der Waals surface area contributed by atoms with Crippen LogP contribution in [0.25, 0.3) is 0 Å². The van der Waals surface area contributed by atoms with Gasteiger partial charge in [0.05, 0.1) is 6.54 Å². The molecule has 162 valence electrons. The number of piperazine rings is 1. The minimum absolute atomic E-state index is 0.0499. The zero-order valence-electron chi connectivity index (χ0n) is 17.3. The molecule has 2 amide bonds. The normalized spacial score (nSPS) is 20.5. The summed E-state index contributed by atoms with van der Waals surface area (Å²) in [5.74, 6) is -1.14. The molecule has 2 aliphatic heterocycles. The van der Waals surface area contributed by atoms with Crippen molar-refractivity contribution in [2.24, 2.45) is 0 Å². The van der Waals surface area contributed by atoms with Gasteiger partial charge < -0.3 is 20.4 Å². The van der Waals surface area contributed by atoms with Crippen molar-refractivity contribution in [3.63, 3.8) is 0 Å². The molecule has 6 nitrogen and oxygen atoms in total. The highest BCUT2D eigenvalue weighted by Gasteiger charge is 2.36. The Morgan fingerprint density at radius 3 is 2.68 bits per heavy atom. The molecular weight excluding hydrogens is 402 g/mol. The topological polar surface area (TPSA) is 64.7 Å². The Kier molecular flexibility index (Phi) is 4.79. The zero-order chi connectivity index (χ0) is 21.7. The van der Waals surface area contributed by atoms with Gasteiger partial charge in [-0.2, -0.15) is 0 Å². The number of rotatable bonds is 4. The molecule has 1 atom stereocenters. The van der Waals surface area contributed by atoms with Gasteiger partial charge in [0.2, 0.25) is 11.8 Å². The second-order valence-corrected chi connectivity index (χ2v) is 8.55. The zero-order valence-corrected chi connectivity index (χ0v) is 17.3. The fourth-order valence-electron chi connectivity index (χ4n) is 4.47. The first-order valence-corrected chi connectivity index (χ1v) is 10.6. The van der Waals surface area contributed by atoms with Gasteiger partial charge in [-0.25, -0.2) is 8.78 Å². The van der Waals surface area contributed by atoms with Gasteiger partial charge in [0.25, 0.3) is 0 Å². The summed E-state index contributed by atoms with van der Waals surface area (Å²) in [4.78, 5) is 29.0. The SMILES string of the molecule is Cc1ccc(F)c2c1NC(C(=O)Nc1cc(F)cc(N3CCN(C4CC4)C(=O)C3)c1)C2. The van der Waals surface area contributed by atoms with Gasteiger partial charge in [-0.1, -0.05) is 6.07 Å². The van der Waals surface area contributed by atoms with Crippen LogP contribution in [0.1, 0.15) is 24.0 Å². The summed E-state index contributed by atoms with van der Waals surface area (Å²) < 4.78 is 28.4. The average Bonchev–Trinajstić information content (AvgIpc) is 3.46. The predicted octanol–water partition coefficient (Wildman–Crippen LogP) is 3.06. The molecule has 1 unspecified atom stereocenters. The smallest absolute Gasteiger partial charge is 0.247 e. The molecule has 0 spiro atoms. The lowest BCUT2D eigenvalue weighted by atomic mass is 10.1. The van der Waals surface area contributed by atoms with E-state index in [1.54, 1.807) is 12.1 Å². The number of nitrogens with zero attached hydrogens (tertiary/aromatic N) is 2. The van der Waals surface area contributed by atoms with Crippen molar-refractivity contribution in [1.82, 2.24) is 4.90 Å². The van der Waals surface area contributed by atoms with Crippen molar-refractivity contribution in [1.29, 1.82) is 0 Å². The summed E-state index contributed by atoms with van der Waals surface area (Å²) in [5.41, 5.74) is 2.88. The number of hydrogen-bond donors (Lipinski definition) is 2. The van der Waals surface area contributed by atoms with E-state index in [0.717, 1.165) is 18.4 Å². The highest BCUT2D eigenvalue weighted by molar-refractivity contribution is 5.98. The van der Waals surface area contributed by atoms with Gasteiger partial charge in [0, 0.05) is 48.2 Å². The van der Waals surface area contributed by atoms with Crippen LogP contribution < -0.4 is 15.5 Å². The first-order chi connectivity index (χ1) is 14.9. The van der Waals surface area contributed by atoms with Crippen LogP contribution in [0.4, 0.5) is 25.8 Å². The maximum absolute atomic E-state index is 14.3. The standard InChI is InChI=1S/C23H24F2N4O2/c1-13-2-5-19(25)18-11-20(27-22(13)18)23(31)26-15-8-14(24)9-17(10-15)28-6-7-29(16-3-4-16)21(30)12-28/h2,5,8-10,16,20,27H,3-4,6-7,11-12H2,1H3,(H,26,31). The fourth-order valence-corrected chi connectivity index (χ4v) is 4.47. The van der Waals surface area contributed by atoms with Crippen molar-refractivity contribution < 1.29 is 18.4 Å². The van der Waals surface area contributed by atoms with Crippen LogP contribution in [0, 0.1) is 18.6 Å². The van der Waals surface area contributed by atoms with Gasteiger partial charge in [-0.05, 0) is 49.6 Å². The first kappa shape index (κ1) is 19.8. The van der Waals surface area contributed by atoms with Crippen LogP contribution in [0.3, 0.4) is 0 Å². The number of nitrogens with one attached hydrogen (secondary N) is 2. The molecule has 2 aromatic rings. The molecule has 1 aliphatic carbocycles. The number of hydrogen-bond acceptors (Lipinski definition) is 4. The highest BCUT2D eigenvalue weighted by Crippen LogP contribution is 2.33. The molecule has 5 rings (SSSR count). The lowest BCUT2D eigenvalue weighted by Crippen LogP contribution is -2.51. The van der Waals surface area contributed by atoms with Crippen LogP contribution in [0.5, 0.6) is 0 Å². The monoisotopic (exact) mass is 426 g/mol. The summed E-state index contributed by atoms with van der Waals surface area (Å²) in [6.07, 6.45) is 2.35. The molecule has 0 aromatic heterocycles. The number of halogens is 2. The number of carbonyl (C=O) groups is 2. The lowest BCUT2D eigenvalue weighted by Gasteiger charge is -2.36. The Labute approximate surface area is 179 Å². The number of benzene rings is 2. The molecule has 3 aliphatic rings. The van der Waals surface area contributed by atoms with E-state index in [1.807, 2.05) is 16.7 Å². The molecular formula is C23H24F2N4O2. The molecule has 2 heterocycles. The van der Waals surface area contributed by atoms with Crippen LogP contribution in [-0.2, 0) is 16.0 Å². The summed E-state index contributed by atoms with van der Waals surface area (Å²) in [6, 6.07) is 7.10. The van der Waals surface area contributed by atoms with Crippen molar-refractivity contribution >= 4 is 28.9 Å². The van der Waals surface area contributed by atoms with Crippen molar-refractivity contribution in [2.75, 3.05) is 35.2 Å². The number of fused-ring (bicyclic) bond motifs is 1. The third-order valence-electron chi connectivity index (χ3n) is 6.27. The molecule has 8 heteroatoms. The van der Waals surface area contributed by atoms with E-state index in [9.17, 15) is 18.4 Å². The number of carbonyl (C=O) groups excluding carboxylic acids is 2. The van der Waals surface area contributed by atoms with E-state index in [-0.39, 0.29) is 30.6 Å². The molecule has 2 N–H and O–H groups in total. The first-order valence-electron chi connectivity index (χ1n) is 10.6. The Bertz CT molecular complexity index is 1040. The third kappa shape index (κ3) is 3.82. The lowest BCUT2D eigenvalue weighted by molar-refractivity contribution is -0.131. The Balaban J connectivity index is 1.29. The van der Waals surface area contributed by atoms with E-state index >= 15 is 0 Å². The minimum Gasteiger partial charge on any atom is -0.373 e. The van der Waals surface area contributed by atoms with Crippen LogP contribution >= 0.6 is 0 Å². The van der Waals surface area contributed by atoms with Gasteiger partial charge >= 0.3 is 0 Å². The highest BCUT2D eigenvalue weighted by atomic mass is 19.1. The minimum atomic E-state index is -0.638. The Hall–Kier alpha value is -3.16. The van der Waals surface area contributed by atoms with Crippen LogP contribution in [0.2, 0.25) is 0 Å². The van der Waals surface area contributed by atoms with E-state index in [1.165, 1.54) is 18.2 Å². The molecule has 0 radical (unpaired) electrons. The largest absolute Gasteiger partial charge is 0.373 e. The quantitative estimate of drug-likeness (QED) is 0.789. The van der Waals surface area contributed by atoms with Crippen molar-refractivity contribution in [2.45, 2.75) is 38.3 Å².